The van der Waals surface area contributed by atoms with Gasteiger partial charge in [0.05, 0.1) is 0 Å². The van der Waals surface area contributed by atoms with Crippen LogP contribution in [-0.4, -0.2) is 35.0 Å². The fourth-order valence-corrected chi connectivity index (χ4v) is 1.41. The van der Waals surface area contributed by atoms with Crippen molar-refractivity contribution in [3.8, 4) is 0 Å². The number of carboxylic acid groups (broad SMARTS) is 1. The van der Waals surface area contributed by atoms with Gasteiger partial charge in [0, 0.05) is 25.9 Å². The number of amides is 1. The molecule has 0 aliphatic rings. The Morgan fingerprint density at radius 3 is 2.25 bits per heavy atom. The van der Waals surface area contributed by atoms with E-state index in [4.69, 9.17) is 5.11 Å². The molecule has 0 atom stereocenters. The molecule has 0 aliphatic carbocycles. The molecule has 0 radical (unpaired) electrons. The Labute approximate surface area is 96.9 Å². The summed E-state index contributed by atoms with van der Waals surface area (Å²) in [6, 6.07) is 0. The van der Waals surface area contributed by atoms with E-state index in [-0.39, 0.29) is 12.3 Å². The molecule has 0 bridgehead atoms. The van der Waals surface area contributed by atoms with Crippen LogP contribution in [0, 0.1) is 0 Å². The van der Waals surface area contributed by atoms with E-state index in [2.05, 4.69) is 6.58 Å². The van der Waals surface area contributed by atoms with Crippen LogP contribution in [0.2, 0.25) is 0 Å². The second-order valence-electron chi connectivity index (χ2n) is 3.97. The Bertz CT molecular complexity index is 261. The Balaban J connectivity index is 3.84. The highest BCUT2D eigenvalue weighted by Gasteiger charge is 2.11. The van der Waals surface area contributed by atoms with Crippen molar-refractivity contribution in [3.63, 3.8) is 0 Å². The van der Waals surface area contributed by atoms with Gasteiger partial charge in [0.25, 0.3) is 0 Å². The second kappa shape index (κ2) is 7.91. The smallest absolute Gasteiger partial charge is 0.303 e. The lowest BCUT2D eigenvalue weighted by molar-refractivity contribution is -0.137. The average Bonchev–Trinajstić information content (AvgIpc) is 2.20. The van der Waals surface area contributed by atoms with E-state index >= 15 is 0 Å². The van der Waals surface area contributed by atoms with Crippen LogP contribution in [0.1, 0.15) is 39.5 Å². The molecule has 0 saturated carbocycles. The number of carboxylic acids is 1. The zero-order valence-corrected chi connectivity index (χ0v) is 10.2. The molecule has 0 aromatic rings. The van der Waals surface area contributed by atoms with Crippen LogP contribution in [-0.2, 0) is 9.59 Å². The lowest BCUT2D eigenvalue weighted by Crippen LogP contribution is -2.31. The van der Waals surface area contributed by atoms with Crippen molar-refractivity contribution in [2.24, 2.45) is 0 Å². The summed E-state index contributed by atoms with van der Waals surface area (Å²) < 4.78 is 0. The summed E-state index contributed by atoms with van der Waals surface area (Å²) in [6.45, 7) is 8.85. The molecule has 4 heteroatoms. The first-order chi connectivity index (χ1) is 7.47. The largest absolute Gasteiger partial charge is 0.481 e. The van der Waals surface area contributed by atoms with Gasteiger partial charge in [-0.05, 0) is 26.7 Å². The number of hydrogen-bond donors (Lipinski definition) is 1. The molecule has 0 rings (SSSR count). The molecule has 0 fully saturated rings. The number of carbonyl (C=O) groups is 2. The summed E-state index contributed by atoms with van der Waals surface area (Å²) in [6.07, 6.45) is 1.76. The third-order valence-corrected chi connectivity index (χ3v) is 2.23. The summed E-state index contributed by atoms with van der Waals surface area (Å²) in [4.78, 5) is 23.7. The molecule has 16 heavy (non-hydrogen) atoms. The molecule has 0 unspecified atom stereocenters. The zero-order chi connectivity index (χ0) is 12.6. The number of rotatable bonds is 8. The van der Waals surface area contributed by atoms with Crippen molar-refractivity contribution >= 4 is 11.9 Å². The monoisotopic (exact) mass is 227 g/mol. The normalized spacial score (nSPS) is 9.88. The van der Waals surface area contributed by atoms with Gasteiger partial charge in [-0.25, -0.2) is 0 Å². The molecule has 1 amide bonds. The number of nitrogens with zero attached hydrogens (tertiary/aromatic N) is 1. The van der Waals surface area contributed by atoms with Gasteiger partial charge in [-0.2, -0.15) is 0 Å². The minimum Gasteiger partial charge on any atom is -0.481 e. The van der Waals surface area contributed by atoms with Crippen LogP contribution >= 0.6 is 0 Å². The van der Waals surface area contributed by atoms with Crippen LogP contribution in [0.25, 0.3) is 0 Å². The van der Waals surface area contributed by atoms with Gasteiger partial charge in [-0.1, -0.05) is 12.2 Å². The molecular weight excluding hydrogens is 206 g/mol. The summed E-state index contributed by atoms with van der Waals surface area (Å²) in [5.74, 6) is -0.724. The van der Waals surface area contributed by atoms with E-state index in [0.29, 0.717) is 32.4 Å². The number of hydrogen-bond acceptors (Lipinski definition) is 2. The first-order valence-corrected chi connectivity index (χ1v) is 5.61. The molecule has 4 nitrogen and oxygen atoms in total. The molecule has 0 spiro atoms. The van der Waals surface area contributed by atoms with Crippen molar-refractivity contribution in [2.75, 3.05) is 13.1 Å². The Morgan fingerprint density at radius 1 is 1.25 bits per heavy atom. The summed E-state index contributed by atoms with van der Waals surface area (Å²) in [5.41, 5.74) is 0.959. The third-order valence-electron chi connectivity index (χ3n) is 2.23. The third kappa shape index (κ3) is 7.04. The van der Waals surface area contributed by atoms with E-state index < -0.39 is 5.97 Å². The fraction of sp³-hybridized carbons (Fsp3) is 0.667. The topological polar surface area (TPSA) is 57.6 Å². The number of unbranched alkanes of at least 4 members (excludes halogenated alkanes) is 1. The highest BCUT2D eigenvalue weighted by Crippen LogP contribution is 2.05. The van der Waals surface area contributed by atoms with Crippen molar-refractivity contribution in [2.45, 2.75) is 39.5 Å². The van der Waals surface area contributed by atoms with Crippen LogP contribution in [0.5, 0.6) is 0 Å². The average molecular weight is 227 g/mol. The van der Waals surface area contributed by atoms with Crippen molar-refractivity contribution < 1.29 is 14.7 Å². The van der Waals surface area contributed by atoms with Gasteiger partial charge in [-0.3, -0.25) is 9.59 Å². The highest BCUT2D eigenvalue weighted by atomic mass is 16.4. The predicted octanol–water partition coefficient (Wildman–Crippen LogP) is 2.06. The van der Waals surface area contributed by atoms with Gasteiger partial charge in [0.15, 0.2) is 0 Å². The summed E-state index contributed by atoms with van der Waals surface area (Å²) in [7, 11) is 0. The SMILES string of the molecule is C=C(C)CN(CC)C(=O)CCCCC(=O)O. The molecule has 0 aromatic heterocycles. The van der Waals surface area contributed by atoms with Gasteiger partial charge in [0.1, 0.15) is 0 Å². The van der Waals surface area contributed by atoms with Crippen LogP contribution in [0.3, 0.4) is 0 Å². The maximum Gasteiger partial charge on any atom is 0.303 e. The van der Waals surface area contributed by atoms with E-state index in [1.54, 1.807) is 4.90 Å². The van der Waals surface area contributed by atoms with Gasteiger partial charge in [-0.15, -0.1) is 0 Å². The molecule has 0 aromatic carbocycles. The van der Waals surface area contributed by atoms with Crippen molar-refractivity contribution in [3.05, 3.63) is 12.2 Å². The Hall–Kier alpha value is -1.32. The maximum absolute atomic E-state index is 11.7. The van der Waals surface area contributed by atoms with Crippen LogP contribution in [0.4, 0.5) is 0 Å². The minimum absolute atomic E-state index is 0.0795. The maximum atomic E-state index is 11.7. The van der Waals surface area contributed by atoms with Crippen LogP contribution < -0.4 is 0 Å². The molecular formula is C12H21NO3. The van der Waals surface area contributed by atoms with E-state index in [0.717, 1.165) is 5.57 Å². The summed E-state index contributed by atoms with van der Waals surface area (Å²) in [5, 5.41) is 8.45. The second-order valence-corrected chi connectivity index (χ2v) is 3.97. The van der Waals surface area contributed by atoms with Gasteiger partial charge < -0.3 is 10.0 Å². The lowest BCUT2D eigenvalue weighted by atomic mass is 10.1. The standard InChI is InChI=1S/C12H21NO3/c1-4-13(9-10(2)3)11(14)7-5-6-8-12(15)16/h2,4-9H2,1,3H3,(H,15,16). The quantitative estimate of drug-likeness (QED) is 0.510. The highest BCUT2D eigenvalue weighted by molar-refractivity contribution is 5.76. The molecule has 0 saturated heterocycles. The number of carbonyl (C=O) groups excluding carboxylic acids is 1. The lowest BCUT2D eigenvalue weighted by Gasteiger charge is -2.20. The van der Waals surface area contributed by atoms with E-state index in [1.165, 1.54) is 0 Å². The molecule has 0 aliphatic heterocycles. The zero-order valence-electron chi connectivity index (χ0n) is 10.2. The van der Waals surface area contributed by atoms with E-state index in [1.807, 2.05) is 13.8 Å². The van der Waals surface area contributed by atoms with Gasteiger partial charge >= 0.3 is 5.97 Å². The van der Waals surface area contributed by atoms with E-state index in [9.17, 15) is 9.59 Å². The fourth-order valence-electron chi connectivity index (χ4n) is 1.41. The predicted molar refractivity (Wildman–Crippen MR) is 63.2 cm³/mol. The van der Waals surface area contributed by atoms with Crippen molar-refractivity contribution in [1.29, 1.82) is 0 Å². The number of aliphatic carboxylic acids is 1. The molecule has 0 heterocycles. The minimum atomic E-state index is -0.804. The molecule has 92 valence electrons. The molecule has 1 N–H and O–H groups in total. The van der Waals surface area contributed by atoms with Crippen molar-refractivity contribution in [1.82, 2.24) is 4.90 Å². The Kier molecular flexibility index (Phi) is 7.25. The van der Waals surface area contributed by atoms with Gasteiger partial charge in [0.2, 0.25) is 5.91 Å². The summed E-state index contributed by atoms with van der Waals surface area (Å²) >= 11 is 0. The Morgan fingerprint density at radius 2 is 1.81 bits per heavy atom. The number of likely N-dealkylation sites (N-methyl/N-ethyl adjacent to an activating group) is 1. The first-order valence-electron chi connectivity index (χ1n) is 5.61. The first kappa shape index (κ1) is 14.7. The van der Waals surface area contributed by atoms with Crippen LogP contribution in [0.15, 0.2) is 12.2 Å².